The normalized spacial score (nSPS) is 9.47. The third-order valence-electron chi connectivity index (χ3n) is 1.73. The molecule has 0 saturated heterocycles. The summed E-state index contributed by atoms with van der Waals surface area (Å²) in [5.41, 5.74) is 0.400. The van der Waals surface area contributed by atoms with Crippen molar-refractivity contribution in [3.8, 4) is 0 Å². The topological polar surface area (TPSA) is 72.2 Å². The Bertz CT molecular complexity index is 361. The zero-order chi connectivity index (χ0) is 11.3. The number of methoxy groups -OCH3 is 1. The average Bonchev–Trinajstić information content (AvgIpc) is 2.26. The summed E-state index contributed by atoms with van der Waals surface area (Å²) in [6.45, 7) is -0.143. The number of carbonyl (C=O) groups excluding carboxylic acids is 2. The molecular weight excluding hydrogens is 198 g/mol. The zero-order valence-electron chi connectivity index (χ0n) is 8.56. The number of carbonyl (C=O) groups is 2. The number of nitrogens with zero attached hydrogens (tertiary/aromatic N) is 2. The van der Waals surface area contributed by atoms with Gasteiger partial charge in [0.15, 0.2) is 13.2 Å². The molecule has 1 N–H and O–H groups in total. The van der Waals surface area contributed by atoms with Crippen molar-refractivity contribution >= 4 is 11.9 Å². The highest BCUT2D eigenvalue weighted by Gasteiger charge is 2.09. The predicted octanol–water partition coefficient (Wildman–Crippen LogP) is -1.19. The van der Waals surface area contributed by atoms with Gasteiger partial charge in [-0.3, -0.25) is 9.59 Å². The molecule has 1 aromatic heterocycles. The molecule has 0 aliphatic carbocycles. The highest BCUT2D eigenvalue weighted by Crippen LogP contribution is 1.91. The summed E-state index contributed by atoms with van der Waals surface area (Å²) in [5.74, 6) is -0.841. The van der Waals surface area contributed by atoms with E-state index in [0.29, 0.717) is 5.56 Å². The molecule has 0 saturated carbocycles. The molecule has 1 heterocycles. The first-order valence-electron chi connectivity index (χ1n) is 4.30. The second-order valence-corrected chi connectivity index (χ2v) is 2.85. The van der Waals surface area contributed by atoms with Crippen molar-refractivity contribution in [2.45, 2.75) is 0 Å². The number of aryl methyl sites for hydroxylation is 1. The molecule has 0 aliphatic heterocycles. The molecule has 0 aliphatic rings. The standard InChI is InChI=1S/C9H11N3O3/c1-12-4-3-7(5-11-12)9(14)10-6-8(13)15-2/h3-5H,6H2,1-2H3/p+1. The lowest BCUT2D eigenvalue weighted by Gasteiger charge is -2.01. The van der Waals surface area contributed by atoms with E-state index in [-0.39, 0.29) is 12.5 Å². The maximum absolute atomic E-state index is 11.4. The average molecular weight is 210 g/mol. The van der Waals surface area contributed by atoms with E-state index in [2.05, 4.69) is 15.2 Å². The fraction of sp³-hybridized carbons (Fsp3) is 0.333. The Labute approximate surface area is 86.9 Å². The van der Waals surface area contributed by atoms with Crippen LogP contribution in [0.1, 0.15) is 10.4 Å². The van der Waals surface area contributed by atoms with E-state index in [1.165, 1.54) is 13.3 Å². The molecule has 0 spiro atoms. The van der Waals surface area contributed by atoms with Crippen molar-refractivity contribution in [1.29, 1.82) is 0 Å². The maximum Gasteiger partial charge on any atom is 0.325 e. The summed E-state index contributed by atoms with van der Waals surface area (Å²) in [6, 6.07) is 1.61. The highest BCUT2D eigenvalue weighted by molar-refractivity contribution is 5.95. The van der Waals surface area contributed by atoms with Gasteiger partial charge in [0.25, 0.3) is 5.91 Å². The van der Waals surface area contributed by atoms with Crippen LogP contribution < -0.4 is 10.00 Å². The zero-order valence-corrected chi connectivity index (χ0v) is 8.56. The number of hydrogen-bond donors (Lipinski definition) is 1. The molecular formula is C9H12N3O3+. The number of rotatable bonds is 3. The summed E-state index contributed by atoms with van der Waals surface area (Å²) in [6.07, 6.45) is 3.07. The molecule has 0 unspecified atom stereocenters. The van der Waals surface area contributed by atoms with Gasteiger partial charge in [0.2, 0.25) is 0 Å². The summed E-state index contributed by atoms with van der Waals surface area (Å²) in [5, 5.41) is 6.29. The monoisotopic (exact) mass is 210 g/mol. The van der Waals surface area contributed by atoms with Crippen LogP contribution in [0.15, 0.2) is 18.5 Å². The minimum absolute atomic E-state index is 0.143. The minimum atomic E-state index is -0.488. The van der Waals surface area contributed by atoms with Crippen LogP contribution in [0.3, 0.4) is 0 Å². The lowest BCUT2D eigenvalue weighted by atomic mass is 10.3. The molecule has 15 heavy (non-hydrogen) atoms. The third-order valence-corrected chi connectivity index (χ3v) is 1.73. The van der Waals surface area contributed by atoms with Crippen LogP contribution in [0.4, 0.5) is 0 Å². The summed E-state index contributed by atoms with van der Waals surface area (Å²) < 4.78 is 5.95. The van der Waals surface area contributed by atoms with Crippen LogP contribution in [-0.4, -0.2) is 30.6 Å². The summed E-state index contributed by atoms with van der Waals surface area (Å²) in [7, 11) is 3.01. The number of ether oxygens (including phenoxy) is 1. The van der Waals surface area contributed by atoms with Crippen LogP contribution in [0.5, 0.6) is 0 Å². The Morgan fingerprint density at radius 1 is 1.60 bits per heavy atom. The first kappa shape index (κ1) is 11.1. The van der Waals surface area contributed by atoms with Gasteiger partial charge in [-0.2, -0.15) is 0 Å². The van der Waals surface area contributed by atoms with Gasteiger partial charge in [-0.25, -0.2) is 0 Å². The van der Waals surface area contributed by atoms with Crippen LogP contribution in [0.25, 0.3) is 0 Å². The van der Waals surface area contributed by atoms with Crippen molar-refractivity contribution < 1.29 is 19.0 Å². The van der Waals surface area contributed by atoms with E-state index in [1.54, 1.807) is 24.0 Å². The van der Waals surface area contributed by atoms with Crippen LogP contribution in [-0.2, 0) is 16.6 Å². The van der Waals surface area contributed by atoms with Crippen molar-refractivity contribution in [3.63, 3.8) is 0 Å². The number of esters is 1. The molecule has 1 aromatic rings. The minimum Gasteiger partial charge on any atom is -0.468 e. The molecule has 1 amide bonds. The molecule has 1 rings (SSSR count). The van der Waals surface area contributed by atoms with Gasteiger partial charge in [-0.15, -0.1) is 0 Å². The Hall–Kier alpha value is -1.98. The van der Waals surface area contributed by atoms with Gasteiger partial charge in [-0.1, -0.05) is 4.68 Å². The molecule has 6 nitrogen and oxygen atoms in total. The van der Waals surface area contributed by atoms with E-state index >= 15 is 0 Å². The van der Waals surface area contributed by atoms with Crippen molar-refractivity contribution in [2.24, 2.45) is 7.05 Å². The Morgan fingerprint density at radius 3 is 2.87 bits per heavy atom. The Balaban J connectivity index is 2.54. The predicted molar refractivity (Wildman–Crippen MR) is 49.8 cm³/mol. The lowest BCUT2D eigenvalue weighted by Crippen LogP contribution is -2.34. The number of nitrogens with one attached hydrogen (secondary N) is 1. The van der Waals surface area contributed by atoms with E-state index in [1.807, 2.05) is 0 Å². The molecule has 6 heteroatoms. The lowest BCUT2D eigenvalue weighted by molar-refractivity contribution is -0.730. The number of hydrogen-bond acceptors (Lipinski definition) is 4. The number of aromatic nitrogens is 2. The summed E-state index contributed by atoms with van der Waals surface area (Å²) in [4.78, 5) is 22.2. The Morgan fingerprint density at radius 2 is 2.33 bits per heavy atom. The SMILES string of the molecule is COC(=O)CNC(=O)c1cc[n+](C)nc1. The Kier molecular flexibility index (Phi) is 3.73. The van der Waals surface area contributed by atoms with Gasteiger partial charge >= 0.3 is 5.97 Å². The van der Waals surface area contributed by atoms with Crippen LogP contribution in [0, 0.1) is 0 Å². The van der Waals surface area contributed by atoms with Crippen molar-refractivity contribution in [1.82, 2.24) is 10.4 Å². The molecule has 80 valence electrons. The molecule has 0 radical (unpaired) electrons. The second-order valence-electron chi connectivity index (χ2n) is 2.85. The first-order chi connectivity index (χ1) is 7.13. The van der Waals surface area contributed by atoms with Crippen molar-refractivity contribution in [3.05, 3.63) is 24.0 Å². The van der Waals surface area contributed by atoms with Crippen LogP contribution >= 0.6 is 0 Å². The summed E-state index contributed by atoms with van der Waals surface area (Å²) >= 11 is 0. The fourth-order valence-electron chi connectivity index (χ4n) is 0.884. The van der Waals surface area contributed by atoms with Gasteiger partial charge < -0.3 is 10.1 Å². The van der Waals surface area contributed by atoms with Gasteiger partial charge in [0.1, 0.15) is 12.7 Å². The molecule has 0 atom stereocenters. The third kappa shape index (κ3) is 3.34. The van der Waals surface area contributed by atoms with Gasteiger partial charge in [0, 0.05) is 6.07 Å². The largest absolute Gasteiger partial charge is 0.468 e. The quantitative estimate of drug-likeness (QED) is 0.503. The second kappa shape index (κ2) is 5.04. The maximum atomic E-state index is 11.4. The first-order valence-corrected chi connectivity index (χ1v) is 4.30. The van der Waals surface area contributed by atoms with E-state index in [0.717, 1.165) is 0 Å². The highest BCUT2D eigenvalue weighted by atomic mass is 16.5. The van der Waals surface area contributed by atoms with Gasteiger partial charge in [-0.05, 0) is 5.10 Å². The fourth-order valence-corrected chi connectivity index (χ4v) is 0.884. The smallest absolute Gasteiger partial charge is 0.325 e. The van der Waals surface area contributed by atoms with E-state index in [4.69, 9.17) is 0 Å². The van der Waals surface area contributed by atoms with E-state index in [9.17, 15) is 9.59 Å². The van der Waals surface area contributed by atoms with Gasteiger partial charge in [0.05, 0.1) is 12.7 Å². The molecule has 0 aromatic carbocycles. The van der Waals surface area contributed by atoms with Crippen LogP contribution in [0.2, 0.25) is 0 Å². The molecule has 0 fully saturated rings. The number of amides is 1. The van der Waals surface area contributed by atoms with Crippen molar-refractivity contribution in [2.75, 3.05) is 13.7 Å². The van der Waals surface area contributed by atoms with E-state index < -0.39 is 5.97 Å². The molecule has 0 bridgehead atoms.